The van der Waals surface area contributed by atoms with Crippen LogP contribution >= 0.6 is 0 Å². The van der Waals surface area contributed by atoms with Crippen molar-refractivity contribution in [3.05, 3.63) is 29.3 Å². The molecular formula is C16H26N2O. The van der Waals surface area contributed by atoms with E-state index in [9.17, 15) is 0 Å². The smallest absolute Gasteiger partial charge is 0.122 e. The van der Waals surface area contributed by atoms with Gasteiger partial charge >= 0.3 is 0 Å². The van der Waals surface area contributed by atoms with E-state index in [0.717, 1.165) is 37.8 Å². The van der Waals surface area contributed by atoms with Gasteiger partial charge in [-0.3, -0.25) is 0 Å². The van der Waals surface area contributed by atoms with Crippen molar-refractivity contribution < 1.29 is 4.74 Å². The number of ether oxygens (including phenoxy) is 1. The molecular weight excluding hydrogens is 236 g/mol. The lowest BCUT2D eigenvalue weighted by molar-refractivity contribution is 0.257. The van der Waals surface area contributed by atoms with Crippen molar-refractivity contribution in [1.29, 1.82) is 0 Å². The van der Waals surface area contributed by atoms with Gasteiger partial charge in [0, 0.05) is 6.04 Å². The molecule has 1 aliphatic carbocycles. The molecule has 19 heavy (non-hydrogen) atoms. The fourth-order valence-electron chi connectivity index (χ4n) is 2.68. The molecule has 3 heteroatoms. The fourth-order valence-corrected chi connectivity index (χ4v) is 2.68. The summed E-state index contributed by atoms with van der Waals surface area (Å²) in [4.78, 5) is 0. The van der Waals surface area contributed by atoms with Crippen LogP contribution in [0, 0.1) is 12.8 Å². The Hall–Kier alpha value is -1.06. The highest BCUT2D eigenvalue weighted by molar-refractivity contribution is 5.36. The summed E-state index contributed by atoms with van der Waals surface area (Å²) in [6.45, 7) is 7.01. The SMILES string of the molecule is CCOc1ccc(CCNCC2CC(N)C2)cc1C. The number of rotatable bonds is 7. The zero-order chi connectivity index (χ0) is 13.7. The number of aryl methyl sites for hydroxylation is 1. The Balaban J connectivity index is 1.69. The van der Waals surface area contributed by atoms with Crippen LogP contribution in [-0.2, 0) is 6.42 Å². The Morgan fingerprint density at radius 2 is 2.16 bits per heavy atom. The molecule has 1 fully saturated rings. The molecule has 0 aromatic heterocycles. The Labute approximate surface area is 116 Å². The number of nitrogens with one attached hydrogen (secondary N) is 1. The summed E-state index contributed by atoms with van der Waals surface area (Å²) in [5.41, 5.74) is 8.38. The van der Waals surface area contributed by atoms with Gasteiger partial charge in [-0.05, 0) is 69.3 Å². The van der Waals surface area contributed by atoms with E-state index in [1.54, 1.807) is 0 Å². The second-order valence-corrected chi connectivity index (χ2v) is 5.58. The van der Waals surface area contributed by atoms with Crippen molar-refractivity contribution >= 4 is 0 Å². The number of benzene rings is 1. The van der Waals surface area contributed by atoms with Crippen molar-refractivity contribution in [2.45, 2.75) is 39.2 Å². The molecule has 1 aliphatic rings. The van der Waals surface area contributed by atoms with Crippen LogP contribution in [0.2, 0.25) is 0 Å². The fraction of sp³-hybridized carbons (Fsp3) is 0.625. The normalized spacial score (nSPS) is 22.1. The van der Waals surface area contributed by atoms with Gasteiger partial charge in [-0.25, -0.2) is 0 Å². The Morgan fingerprint density at radius 3 is 2.79 bits per heavy atom. The maximum Gasteiger partial charge on any atom is 0.122 e. The predicted molar refractivity (Wildman–Crippen MR) is 79.6 cm³/mol. The van der Waals surface area contributed by atoms with Crippen molar-refractivity contribution in [3.63, 3.8) is 0 Å². The van der Waals surface area contributed by atoms with Crippen molar-refractivity contribution in [2.75, 3.05) is 19.7 Å². The highest BCUT2D eigenvalue weighted by Gasteiger charge is 2.24. The third-order valence-corrected chi connectivity index (χ3v) is 3.83. The van der Waals surface area contributed by atoms with Gasteiger partial charge in [-0.15, -0.1) is 0 Å². The first-order valence-corrected chi connectivity index (χ1v) is 7.37. The van der Waals surface area contributed by atoms with E-state index in [0.29, 0.717) is 6.04 Å². The summed E-state index contributed by atoms with van der Waals surface area (Å²) in [5.74, 6) is 1.81. The molecule has 1 saturated carbocycles. The average molecular weight is 262 g/mol. The van der Waals surface area contributed by atoms with Gasteiger partial charge in [0.2, 0.25) is 0 Å². The maximum absolute atomic E-state index is 5.78. The average Bonchev–Trinajstić information content (AvgIpc) is 2.35. The van der Waals surface area contributed by atoms with E-state index in [2.05, 4.69) is 30.4 Å². The van der Waals surface area contributed by atoms with Crippen LogP contribution in [0.15, 0.2) is 18.2 Å². The molecule has 3 N–H and O–H groups in total. The summed E-state index contributed by atoms with van der Waals surface area (Å²) in [6.07, 6.45) is 3.45. The van der Waals surface area contributed by atoms with Crippen LogP contribution in [0.3, 0.4) is 0 Å². The first-order chi connectivity index (χ1) is 9.19. The maximum atomic E-state index is 5.78. The lowest BCUT2D eigenvalue weighted by atomic mass is 9.81. The van der Waals surface area contributed by atoms with Crippen molar-refractivity contribution in [2.24, 2.45) is 11.7 Å². The van der Waals surface area contributed by atoms with Crippen LogP contribution in [-0.4, -0.2) is 25.7 Å². The molecule has 0 bridgehead atoms. The molecule has 3 nitrogen and oxygen atoms in total. The van der Waals surface area contributed by atoms with E-state index in [1.165, 1.54) is 24.0 Å². The third kappa shape index (κ3) is 4.22. The highest BCUT2D eigenvalue weighted by atomic mass is 16.5. The van der Waals surface area contributed by atoms with Crippen molar-refractivity contribution in [1.82, 2.24) is 5.32 Å². The Bertz CT molecular complexity index is 400. The second-order valence-electron chi connectivity index (χ2n) is 5.58. The minimum absolute atomic E-state index is 0.459. The molecule has 0 unspecified atom stereocenters. The largest absolute Gasteiger partial charge is 0.494 e. The second kappa shape index (κ2) is 6.92. The van der Waals surface area contributed by atoms with E-state index in [4.69, 9.17) is 10.5 Å². The van der Waals surface area contributed by atoms with E-state index in [1.807, 2.05) is 6.92 Å². The summed E-state index contributed by atoms with van der Waals surface area (Å²) >= 11 is 0. The van der Waals surface area contributed by atoms with E-state index < -0.39 is 0 Å². The standard InChI is InChI=1S/C16H26N2O/c1-3-19-16-5-4-13(8-12(16)2)6-7-18-11-14-9-15(17)10-14/h4-5,8,14-15,18H,3,6-7,9-11,17H2,1-2H3. The van der Waals surface area contributed by atoms with Crippen LogP contribution in [0.4, 0.5) is 0 Å². The van der Waals surface area contributed by atoms with Gasteiger partial charge in [0.1, 0.15) is 5.75 Å². The van der Waals surface area contributed by atoms with Gasteiger partial charge in [-0.2, -0.15) is 0 Å². The van der Waals surface area contributed by atoms with Gasteiger partial charge in [0.15, 0.2) is 0 Å². The molecule has 0 saturated heterocycles. The summed E-state index contributed by atoms with van der Waals surface area (Å²) < 4.78 is 5.55. The zero-order valence-corrected chi connectivity index (χ0v) is 12.1. The molecule has 0 spiro atoms. The Kier molecular flexibility index (Phi) is 5.23. The minimum atomic E-state index is 0.459. The number of hydrogen-bond donors (Lipinski definition) is 2. The number of hydrogen-bond acceptors (Lipinski definition) is 3. The molecule has 1 aromatic carbocycles. The quantitative estimate of drug-likeness (QED) is 0.741. The van der Waals surface area contributed by atoms with Crippen LogP contribution in [0.1, 0.15) is 30.9 Å². The first-order valence-electron chi connectivity index (χ1n) is 7.37. The molecule has 106 valence electrons. The molecule has 2 rings (SSSR count). The van der Waals surface area contributed by atoms with Gasteiger partial charge in [-0.1, -0.05) is 12.1 Å². The third-order valence-electron chi connectivity index (χ3n) is 3.83. The topological polar surface area (TPSA) is 47.3 Å². The van der Waals surface area contributed by atoms with Gasteiger partial charge in [0.25, 0.3) is 0 Å². The molecule has 0 atom stereocenters. The van der Waals surface area contributed by atoms with E-state index in [-0.39, 0.29) is 0 Å². The summed E-state index contributed by atoms with van der Waals surface area (Å²) in [7, 11) is 0. The number of nitrogens with two attached hydrogens (primary N) is 1. The molecule has 0 radical (unpaired) electrons. The minimum Gasteiger partial charge on any atom is -0.494 e. The lowest BCUT2D eigenvalue weighted by Crippen LogP contribution is -2.41. The highest BCUT2D eigenvalue weighted by Crippen LogP contribution is 2.24. The zero-order valence-electron chi connectivity index (χ0n) is 12.1. The van der Waals surface area contributed by atoms with E-state index >= 15 is 0 Å². The molecule has 0 amide bonds. The first kappa shape index (κ1) is 14.4. The van der Waals surface area contributed by atoms with Crippen LogP contribution < -0.4 is 15.8 Å². The molecule has 0 heterocycles. The summed E-state index contributed by atoms with van der Waals surface area (Å²) in [5, 5.41) is 3.53. The molecule has 0 aliphatic heterocycles. The summed E-state index contributed by atoms with van der Waals surface area (Å²) in [6, 6.07) is 6.94. The van der Waals surface area contributed by atoms with Crippen LogP contribution in [0.5, 0.6) is 5.75 Å². The predicted octanol–water partition coefficient (Wildman–Crippen LogP) is 2.26. The molecule has 1 aromatic rings. The van der Waals surface area contributed by atoms with Crippen LogP contribution in [0.25, 0.3) is 0 Å². The lowest BCUT2D eigenvalue weighted by Gasteiger charge is -2.32. The Morgan fingerprint density at radius 1 is 1.37 bits per heavy atom. The van der Waals surface area contributed by atoms with Gasteiger partial charge in [0.05, 0.1) is 6.61 Å². The van der Waals surface area contributed by atoms with Crippen molar-refractivity contribution in [3.8, 4) is 5.75 Å². The van der Waals surface area contributed by atoms with Gasteiger partial charge < -0.3 is 15.8 Å². The monoisotopic (exact) mass is 262 g/mol.